The van der Waals surface area contributed by atoms with Crippen LogP contribution in [0.4, 0.5) is 0 Å². The lowest BCUT2D eigenvalue weighted by Gasteiger charge is -2.46. The van der Waals surface area contributed by atoms with E-state index >= 15 is 0 Å². The summed E-state index contributed by atoms with van der Waals surface area (Å²) in [7, 11) is 1.83. The van der Waals surface area contributed by atoms with Gasteiger partial charge in [-0.25, -0.2) is 0 Å². The zero-order valence-corrected chi connectivity index (χ0v) is 12.4. The maximum Gasteiger partial charge on any atom is 0.236 e. The number of hydrogen-bond donors (Lipinski definition) is 1. The fourth-order valence-electron chi connectivity index (χ4n) is 2.56. The number of carbonyl (C=O) groups is 1. The smallest absolute Gasteiger partial charge is 0.236 e. The van der Waals surface area contributed by atoms with Crippen LogP contribution in [0.1, 0.15) is 24.6 Å². The van der Waals surface area contributed by atoms with Gasteiger partial charge in [0.05, 0.1) is 18.7 Å². The molecule has 1 aliphatic heterocycles. The molecule has 1 aromatic heterocycles. The average molecular weight is 282 g/mol. The number of likely N-dealkylation sites (N-methyl/N-ethyl adjacent to an activating group) is 1. The van der Waals surface area contributed by atoms with Gasteiger partial charge in [0.1, 0.15) is 0 Å². The minimum Gasteiger partial charge on any atom is -0.387 e. The predicted molar refractivity (Wildman–Crippen MR) is 77.1 cm³/mol. The number of β-amino-alcohol motifs (C(OH)–C–C–N with tert-alkyl or cyclic N) is 1. The van der Waals surface area contributed by atoms with E-state index < -0.39 is 5.60 Å². The minimum absolute atomic E-state index is 0.118. The second kappa shape index (κ2) is 6.03. The monoisotopic (exact) mass is 282 g/mol. The van der Waals surface area contributed by atoms with Gasteiger partial charge < -0.3 is 10.0 Å². The molecule has 19 heavy (non-hydrogen) atoms. The molecule has 5 heteroatoms. The Morgan fingerprint density at radius 3 is 2.89 bits per heavy atom. The van der Waals surface area contributed by atoms with Crippen molar-refractivity contribution in [3.63, 3.8) is 0 Å². The zero-order chi connectivity index (χ0) is 13.9. The fourth-order valence-corrected chi connectivity index (χ4v) is 3.32. The molecule has 2 rings (SSSR count). The van der Waals surface area contributed by atoms with Crippen molar-refractivity contribution < 1.29 is 9.90 Å². The van der Waals surface area contributed by atoms with Crippen molar-refractivity contribution in [3.05, 3.63) is 22.4 Å². The lowest BCUT2D eigenvalue weighted by atomic mass is 9.89. The van der Waals surface area contributed by atoms with Gasteiger partial charge in [-0.3, -0.25) is 9.69 Å². The molecule has 2 heterocycles. The van der Waals surface area contributed by atoms with Crippen LogP contribution in [0.3, 0.4) is 0 Å². The zero-order valence-electron chi connectivity index (χ0n) is 11.6. The van der Waals surface area contributed by atoms with Gasteiger partial charge in [-0.15, -0.1) is 11.3 Å². The maximum atomic E-state index is 12.0. The first-order valence-electron chi connectivity index (χ1n) is 6.73. The summed E-state index contributed by atoms with van der Waals surface area (Å²) in [4.78, 5) is 17.0. The largest absolute Gasteiger partial charge is 0.387 e. The van der Waals surface area contributed by atoms with E-state index in [9.17, 15) is 9.90 Å². The molecule has 4 nitrogen and oxygen atoms in total. The number of likely N-dealkylation sites (tertiary alicyclic amines) is 1. The molecule has 0 atom stereocenters. The number of hydrogen-bond acceptors (Lipinski definition) is 4. The summed E-state index contributed by atoms with van der Waals surface area (Å²) in [6.07, 6.45) is 1.80. The van der Waals surface area contributed by atoms with Crippen LogP contribution in [0, 0.1) is 0 Å². The molecule has 1 amide bonds. The summed E-state index contributed by atoms with van der Waals surface area (Å²) in [5.74, 6) is 0.118. The van der Waals surface area contributed by atoms with E-state index in [0.717, 1.165) is 12.8 Å². The summed E-state index contributed by atoms with van der Waals surface area (Å²) < 4.78 is 0. The predicted octanol–water partition coefficient (Wildman–Crippen LogP) is 1.55. The molecule has 1 N–H and O–H groups in total. The van der Waals surface area contributed by atoms with Crippen molar-refractivity contribution in [1.82, 2.24) is 9.80 Å². The van der Waals surface area contributed by atoms with Crippen molar-refractivity contribution in [1.29, 1.82) is 0 Å². The molecule has 0 spiro atoms. The van der Waals surface area contributed by atoms with Gasteiger partial charge in [0, 0.05) is 25.0 Å². The number of carbonyl (C=O) groups excluding carboxylic acids is 1. The van der Waals surface area contributed by atoms with Crippen molar-refractivity contribution >= 4 is 17.2 Å². The first-order valence-corrected chi connectivity index (χ1v) is 7.61. The van der Waals surface area contributed by atoms with E-state index in [2.05, 4.69) is 6.92 Å². The summed E-state index contributed by atoms with van der Waals surface area (Å²) in [6, 6.07) is 4.04. The highest BCUT2D eigenvalue weighted by Crippen LogP contribution is 2.25. The highest BCUT2D eigenvalue weighted by Gasteiger charge is 2.40. The van der Waals surface area contributed by atoms with Crippen LogP contribution in [0.5, 0.6) is 0 Å². The van der Waals surface area contributed by atoms with E-state index in [4.69, 9.17) is 0 Å². The molecule has 0 aliphatic carbocycles. The van der Waals surface area contributed by atoms with Gasteiger partial charge in [0.15, 0.2) is 0 Å². The first-order chi connectivity index (χ1) is 9.02. The van der Waals surface area contributed by atoms with Crippen LogP contribution in [-0.2, 0) is 11.3 Å². The second-order valence-electron chi connectivity index (χ2n) is 5.45. The Hall–Kier alpha value is -0.910. The molecular formula is C14H22N2O2S. The molecule has 0 radical (unpaired) electrons. The van der Waals surface area contributed by atoms with Crippen LogP contribution >= 0.6 is 11.3 Å². The van der Waals surface area contributed by atoms with E-state index in [1.807, 2.05) is 29.5 Å². The number of amides is 1. The van der Waals surface area contributed by atoms with Crippen molar-refractivity contribution in [2.75, 3.05) is 26.7 Å². The normalized spacial score (nSPS) is 18.1. The Labute approximate surface area is 118 Å². The fraction of sp³-hybridized carbons (Fsp3) is 0.643. The molecule has 0 saturated carbocycles. The van der Waals surface area contributed by atoms with Gasteiger partial charge in [-0.2, -0.15) is 0 Å². The van der Waals surface area contributed by atoms with Crippen molar-refractivity contribution in [2.45, 2.75) is 31.9 Å². The lowest BCUT2D eigenvalue weighted by molar-refractivity contribution is -0.141. The van der Waals surface area contributed by atoms with Crippen LogP contribution < -0.4 is 0 Å². The third-order valence-electron chi connectivity index (χ3n) is 3.51. The summed E-state index contributed by atoms with van der Waals surface area (Å²) in [5.41, 5.74) is -0.554. The Kier molecular flexibility index (Phi) is 4.60. The molecule has 1 aromatic rings. The van der Waals surface area contributed by atoms with Gasteiger partial charge in [-0.05, 0) is 17.9 Å². The highest BCUT2D eigenvalue weighted by molar-refractivity contribution is 7.09. The topological polar surface area (TPSA) is 43.8 Å². The van der Waals surface area contributed by atoms with E-state index in [1.54, 1.807) is 16.2 Å². The number of rotatable bonds is 6. The Morgan fingerprint density at radius 1 is 1.58 bits per heavy atom. The van der Waals surface area contributed by atoms with Crippen molar-refractivity contribution in [3.8, 4) is 0 Å². The number of thiophene rings is 1. The summed E-state index contributed by atoms with van der Waals surface area (Å²) in [6.45, 7) is 4.40. The van der Waals surface area contributed by atoms with Crippen LogP contribution in [0.15, 0.2) is 17.5 Å². The standard InChI is InChI=1S/C14H22N2O2S/c1-3-6-14(18)10-16(11-14)9-13(17)15(2)8-12-5-4-7-19-12/h4-5,7,18H,3,6,8-11H2,1-2H3. The van der Waals surface area contributed by atoms with Gasteiger partial charge in [0.25, 0.3) is 0 Å². The number of aliphatic hydroxyl groups is 1. The molecule has 0 aromatic carbocycles. The van der Waals surface area contributed by atoms with Crippen molar-refractivity contribution in [2.24, 2.45) is 0 Å². The van der Waals surface area contributed by atoms with Crippen LogP contribution in [0.25, 0.3) is 0 Å². The van der Waals surface area contributed by atoms with Gasteiger partial charge >= 0.3 is 0 Å². The summed E-state index contributed by atoms with van der Waals surface area (Å²) >= 11 is 1.67. The molecule has 0 bridgehead atoms. The Bertz CT molecular complexity index is 413. The third kappa shape index (κ3) is 3.78. The lowest BCUT2D eigenvalue weighted by Crippen LogP contribution is -2.63. The Balaban J connectivity index is 1.73. The Morgan fingerprint density at radius 2 is 2.32 bits per heavy atom. The quantitative estimate of drug-likeness (QED) is 0.861. The summed E-state index contributed by atoms with van der Waals surface area (Å²) in [5, 5.41) is 12.1. The highest BCUT2D eigenvalue weighted by atomic mass is 32.1. The molecular weight excluding hydrogens is 260 g/mol. The molecule has 1 fully saturated rings. The second-order valence-corrected chi connectivity index (χ2v) is 6.48. The van der Waals surface area contributed by atoms with Crippen LogP contribution in [0.2, 0.25) is 0 Å². The van der Waals surface area contributed by atoms with Crippen LogP contribution in [-0.4, -0.2) is 53.1 Å². The van der Waals surface area contributed by atoms with Gasteiger partial charge in [0.2, 0.25) is 5.91 Å². The van der Waals surface area contributed by atoms with E-state index in [-0.39, 0.29) is 5.91 Å². The average Bonchev–Trinajstić information content (AvgIpc) is 2.80. The minimum atomic E-state index is -0.554. The third-order valence-corrected chi connectivity index (χ3v) is 4.37. The van der Waals surface area contributed by atoms with E-state index in [1.165, 1.54) is 4.88 Å². The molecule has 1 aliphatic rings. The van der Waals surface area contributed by atoms with Gasteiger partial charge in [-0.1, -0.05) is 19.4 Å². The molecule has 0 unspecified atom stereocenters. The number of nitrogens with zero attached hydrogens (tertiary/aromatic N) is 2. The SMILES string of the molecule is CCCC1(O)CN(CC(=O)N(C)Cc2cccs2)C1. The van der Waals surface area contributed by atoms with E-state index in [0.29, 0.717) is 26.2 Å². The maximum absolute atomic E-state index is 12.0. The molecule has 1 saturated heterocycles. The molecule has 106 valence electrons. The first kappa shape index (κ1) is 14.5.